The van der Waals surface area contributed by atoms with Gasteiger partial charge in [0.15, 0.2) is 0 Å². The Morgan fingerprint density at radius 3 is 2.29 bits per heavy atom. The number of nitrogens with two attached hydrogens (primary N) is 1. The van der Waals surface area contributed by atoms with Crippen molar-refractivity contribution in [1.29, 1.82) is 0 Å². The third kappa shape index (κ3) is 3.08. The summed E-state index contributed by atoms with van der Waals surface area (Å²) in [6.07, 6.45) is 9.15. The van der Waals surface area contributed by atoms with Crippen LogP contribution in [0.15, 0.2) is 0 Å². The fourth-order valence-electron chi connectivity index (χ4n) is 2.87. The smallest absolute Gasteiger partial charge is 0.0936 e. The first-order chi connectivity index (χ1) is 8.15. The molecule has 96 valence electrons. The molecule has 0 atom stereocenters. The van der Waals surface area contributed by atoms with Crippen LogP contribution in [0.3, 0.4) is 0 Å². The van der Waals surface area contributed by atoms with Crippen molar-refractivity contribution in [3.63, 3.8) is 0 Å². The molecule has 0 unspecified atom stereocenters. The molecule has 1 aliphatic carbocycles. The molecule has 3 heteroatoms. The second-order valence-electron chi connectivity index (χ2n) is 5.54. The first-order valence-electron chi connectivity index (χ1n) is 6.78. The number of hydrogen-bond acceptors (Lipinski definition) is 3. The SMILES string of the molecule is Cc1nc(CC2(CN)CCCCCC2)sc1C. The second kappa shape index (κ2) is 5.49. The fourth-order valence-corrected chi connectivity index (χ4v) is 3.97. The lowest BCUT2D eigenvalue weighted by molar-refractivity contribution is 0.252. The Kier molecular flexibility index (Phi) is 4.21. The Morgan fingerprint density at radius 2 is 1.82 bits per heavy atom. The normalized spacial score (nSPS) is 20.2. The molecule has 1 saturated carbocycles. The first kappa shape index (κ1) is 13.0. The summed E-state index contributed by atoms with van der Waals surface area (Å²) in [6, 6.07) is 0. The predicted molar refractivity (Wildman–Crippen MR) is 74.5 cm³/mol. The van der Waals surface area contributed by atoms with Gasteiger partial charge in [-0.1, -0.05) is 25.7 Å². The zero-order valence-electron chi connectivity index (χ0n) is 11.1. The van der Waals surface area contributed by atoms with Crippen LogP contribution >= 0.6 is 11.3 Å². The summed E-state index contributed by atoms with van der Waals surface area (Å²) in [5.74, 6) is 0. The Morgan fingerprint density at radius 1 is 1.18 bits per heavy atom. The van der Waals surface area contributed by atoms with E-state index >= 15 is 0 Å². The second-order valence-corrected chi connectivity index (χ2v) is 6.83. The molecule has 1 fully saturated rings. The Labute approximate surface area is 109 Å². The van der Waals surface area contributed by atoms with Crippen molar-refractivity contribution in [2.45, 2.75) is 58.8 Å². The third-order valence-electron chi connectivity index (χ3n) is 4.20. The lowest BCUT2D eigenvalue weighted by Crippen LogP contribution is -2.32. The Hall–Kier alpha value is -0.410. The van der Waals surface area contributed by atoms with Gasteiger partial charge in [0.05, 0.1) is 10.7 Å². The molecule has 1 heterocycles. The molecule has 0 aromatic carbocycles. The number of hydrogen-bond donors (Lipinski definition) is 1. The summed E-state index contributed by atoms with van der Waals surface area (Å²) in [6.45, 7) is 5.10. The molecule has 2 nitrogen and oxygen atoms in total. The van der Waals surface area contributed by atoms with Crippen molar-refractivity contribution in [3.05, 3.63) is 15.6 Å². The van der Waals surface area contributed by atoms with Crippen LogP contribution in [0.25, 0.3) is 0 Å². The van der Waals surface area contributed by atoms with Crippen LogP contribution in [0.5, 0.6) is 0 Å². The zero-order chi connectivity index (χ0) is 12.3. The van der Waals surface area contributed by atoms with E-state index in [-0.39, 0.29) is 0 Å². The van der Waals surface area contributed by atoms with E-state index < -0.39 is 0 Å². The highest BCUT2D eigenvalue weighted by Crippen LogP contribution is 2.38. The van der Waals surface area contributed by atoms with E-state index in [1.807, 2.05) is 11.3 Å². The molecule has 2 rings (SSSR count). The maximum Gasteiger partial charge on any atom is 0.0936 e. The number of aryl methyl sites for hydroxylation is 2. The maximum absolute atomic E-state index is 6.08. The third-order valence-corrected chi connectivity index (χ3v) is 5.27. The molecular weight excluding hydrogens is 228 g/mol. The van der Waals surface area contributed by atoms with Gasteiger partial charge in [-0.3, -0.25) is 0 Å². The average molecular weight is 252 g/mol. The molecule has 1 aliphatic rings. The monoisotopic (exact) mass is 252 g/mol. The van der Waals surface area contributed by atoms with Gasteiger partial charge < -0.3 is 5.73 Å². The molecule has 0 spiro atoms. The van der Waals surface area contributed by atoms with Crippen LogP contribution in [0, 0.1) is 19.3 Å². The van der Waals surface area contributed by atoms with Gasteiger partial charge in [-0.05, 0) is 38.6 Å². The van der Waals surface area contributed by atoms with Gasteiger partial charge in [0.2, 0.25) is 0 Å². The number of aromatic nitrogens is 1. The minimum atomic E-state index is 0.341. The summed E-state index contributed by atoms with van der Waals surface area (Å²) in [5, 5.41) is 1.30. The average Bonchev–Trinajstić information content (AvgIpc) is 2.54. The number of nitrogens with zero attached hydrogens (tertiary/aromatic N) is 1. The van der Waals surface area contributed by atoms with Crippen molar-refractivity contribution in [2.24, 2.45) is 11.1 Å². The molecule has 2 N–H and O–H groups in total. The minimum Gasteiger partial charge on any atom is -0.330 e. The van der Waals surface area contributed by atoms with Gasteiger partial charge in [-0.25, -0.2) is 4.98 Å². The zero-order valence-corrected chi connectivity index (χ0v) is 11.9. The van der Waals surface area contributed by atoms with E-state index in [9.17, 15) is 0 Å². The van der Waals surface area contributed by atoms with E-state index in [0.29, 0.717) is 5.41 Å². The molecule has 1 aromatic rings. The van der Waals surface area contributed by atoms with Crippen molar-refractivity contribution >= 4 is 11.3 Å². The largest absolute Gasteiger partial charge is 0.330 e. The topological polar surface area (TPSA) is 38.9 Å². The Balaban J connectivity index is 2.12. The number of rotatable bonds is 3. The van der Waals surface area contributed by atoms with Crippen LogP contribution in [0.2, 0.25) is 0 Å². The Bertz CT molecular complexity index is 343. The molecule has 0 bridgehead atoms. The summed E-state index contributed by atoms with van der Waals surface area (Å²) in [4.78, 5) is 6.05. The lowest BCUT2D eigenvalue weighted by atomic mass is 9.78. The van der Waals surface area contributed by atoms with Crippen molar-refractivity contribution in [1.82, 2.24) is 4.98 Å². The molecule has 0 aliphatic heterocycles. The van der Waals surface area contributed by atoms with Gasteiger partial charge in [-0.2, -0.15) is 0 Å². The van der Waals surface area contributed by atoms with Crippen molar-refractivity contribution < 1.29 is 0 Å². The highest BCUT2D eigenvalue weighted by Gasteiger charge is 2.30. The van der Waals surface area contributed by atoms with Crippen LogP contribution < -0.4 is 5.73 Å². The summed E-state index contributed by atoms with van der Waals surface area (Å²) in [7, 11) is 0. The lowest BCUT2D eigenvalue weighted by Gasteiger charge is -2.30. The van der Waals surface area contributed by atoms with Gasteiger partial charge in [0.25, 0.3) is 0 Å². The predicted octanol–water partition coefficient (Wildman–Crippen LogP) is 3.60. The fraction of sp³-hybridized carbons (Fsp3) is 0.786. The maximum atomic E-state index is 6.08. The van der Waals surface area contributed by atoms with Gasteiger partial charge in [0, 0.05) is 11.3 Å². The minimum absolute atomic E-state index is 0.341. The summed E-state index contributed by atoms with van der Waals surface area (Å²) >= 11 is 1.86. The van der Waals surface area contributed by atoms with Crippen LogP contribution in [-0.4, -0.2) is 11.5 Å². The van der Waals surface area contributed by atoms with Gasteiger partial charge >= 0.3 is 0 Å². The highest BCUT2D eigenvalue weighted by atomic mass is 32.1. The summed E-state index contributed by atoms with van der Waals surface area (Å²) in [5.41, 5.74) is 7.62. The number of thiazole rings is 1. The molecular formula is C14H24N2S. The first-order valence-corrected chi connectivity index (χ1v) is 7.60. The van der Waals surface area contributed by atoms with Crippen LogP contribution in [0.1, 0.15) is 54.1 Å². The molecule has 1 aromatic heterocycles. The van der Waals surface area contributed by atoms with Gasteiger partial charge in [0.1, 0.15) is 0 Å². The molecule has 0 saturated heterocycles. The quantitative estimate of drug-likeness (QED) is 0.835. The molecule has 0 radical (unpaired) electrons. The molecule has 17 heavy (non-hydrogen) atoms. The summed E-state index contributed by atoms with van der Waals surface area (Å²) < 4.78 is 0. The van der Waals surface area contributed by atoms with Gasteiger partial charge in [-0.15, -0.1) is 11.3 Å². The van der Waals surface area contributed by atoms with E-state index in [1.54, 1.807) is 0 Å². The van der Waals surface area contributed by atoms with Crippen molar-refractivity contribution in [2.75, 3.05) is 6.54 Å². The van der Waals surface area contributed by atoms with Crippen LogP contribution in [-0.2, 0) is 6.42 Å². The van der Waals surface area contributed by atoms with Crippen molar-refractivity contribution in [3.8, 4) is 0 Å². The van der Waals surface area contributed by atoms with E-state index in [4.69, 9.17) is 10.7 Å². The highest BCUT2D eigenvalue weighted by molar-refractivity contribution is 7.11. The van der Waals surface area contributed by atoms with E-state index in [0.717, 1.165) is 13.0 Å². The van der Waals surface area contributed by atoms with E-state index in [1.165, 1.54) is 54.1 Å². The molecule has 0 amide bonds. The standard InChI is InChI=1S/C14H24N2S/c1-11-12(2)17-13(16-11)9-14(10-15)7-5-3-4-6-8-14/h3-10,15H2,1-2H3. The van der Waals surface area contributed by atoms with E-state index in [2.05, 4.69) is 13.8 Å². The van der Waals surface area contributed by atoms with Crippen LogP contribution in [0.4, 0.5) is 0 Å².